The van der Waals surface area contributed by atoms with Crippen molar-refractivity contribution in [3.8, 4) is 0 Å². The van der Waals surface area contributed by atoms with Crippen LogP contribution in [0.15, 0.2) is 35.3 Å². The maximum atomic E-state index is 5.46. The van der Waals surface area contributed by atoms with Crippen LogP contribution in [0.25, 0.3) is 0 Å². The van der Waals surface area contributed by atoms with E-state index in [4.69, 9.17) is 9.73 Å². The molecular formula is C23H41IN6O. The van der Waals surface area contributed by atoms with E-state index in [1.165, 1.54) is 5.69 Å². The van der Waals surface area contributed by atoms with Gasteiger partial charge in [-0.15, -0.1) is 24.0 Å². The van der Waals surface area contributed by atoms with Crippen LogP contribution in [-0.2, 0) is 4.74 Å². The molecule has 3 rings (SSSR count). The molecule has 0 radical (unpaired) electrons. The minimum atomic E-state index is 0. The number of hydrogen-bond acceptors (Lipinski definition) is 5. The molecule has 0 spiro atoms. The van der Waals surface area contributed by atoms with E-state index in [0.29, 0.717) is 12.1 Å². The first-order valence-corrected chi connectivity index (χ1v) is 11.6. The van der Waals surface area contributed by atoms with Gasteiger partial charge in [0.1, 0.15) is 0 Å². The summed E-state index contributed by atoms with van der Waals surface area (Å²) in [7, 11) is 0. The average molecular weight is 545 g/mol. The van der Waals surface area contributed by atoms with E-state index >= 15 is 0 Å². The number of ether oxygens (including phenoxy) is 1. The van der Waals surface area contributed by atoms with Crippen molar-refractivity contribution in [1.82, 2.24) is 20.4 Å². The third-order valence-corrected chi connectivity index (χ3v) is 6.15. The molecule has 0 amide bonds. The summed E-state index contributed by atoms with van der Waals surface area (Å²) in [4.78, 5) is 12.4. The van der Waals surface area contributed by atoms with Crippen molar-refractivity contribution in [2.45, 2.75) is 32.9 Å². The summed E-state index contributed by atoms with van der Waals surface area (Å²) in [5.74, 6) is 0.924. The molecule has 2 heterocycles. The number of aliphatic imine (C=N–C) groups is 1. The molecule has 7 nitrogen and oxygen atoms in total. The van der Waals surface area contributed by atoms with E-state index in [1.54, 1.807) is 0 Å². The molecule has 2 atom stereocenters. The van der Waals surface area contributed by atoms with Gasteiger partial charge in [0.05, 0.1) is 19.8 Å². The molecule has 8 heteroatoms. The molecule has 31 heavy (non-hydrogen) atoms. The largest absolute Gasteiger partial charge is 0.379 e. The lowest BCUT2D eigenvalue weighted by atomic mass is 10.2. The van der Waals surface area contributed by atoms with E-state index in [-0.39, 0.29) is 24.0 Å². The average Bonchev–Trinajstić information content (AvgIpc) is 2.81. The van der Waals surface area contributed by atoms with Crippen LogP contribution in [-0.4, -0.2) is 100.0 Å². The van der Waals surface area contributed by atoms with Crippen LogP contribution in [0.1, 0.15) is 20.8 Å². The lowest BCUT2D eigenvalue weighted by molar-refractivity contribution is 0.0211. The summed E-state index contributed by atoms with van der Waals surface area (Å²) < 4.78 is 5.46. The number of guanidine groups is 1. The van der Waals surface area contributed by atoms with Gasteiger partial charge >= 0.3 is 0 Å². The van der Waals surface area contributed by atoms with Crippen molar-refractivity contribution in [3.05, 3.63) is 30.3 Å². The Morgan fingerprint density at radius 3 is 2.23 bits per heavy atom. The third-order valence-electron chi connectivity index (χ3n) is 6.15. The molecule has 176 valence electrons. The lowest BCUT2D eigenvalue weighted by Crippen LogP contribution is -2.51. The van der Waals surface area contributed by atoms with Crippen LogP contribution in [0.4, 0.5) is 5.69 Å². The van der Waals surface area contributed by atoms with Crippen molar-refractivity contribution in [1.29, 1.82) is 0 Å². The molecule has 0 bridgehead atoms. The van der Waals surface area contributed by atoms with E-state index < -0.39 is 0 Å². The fourth-order valence-electron chi connectivity index (χ4n) is 4.13. The number of piperazine rings is 1. The van der Waals surface area contributed by atoms with Gasteiger partial charge in [-0.2, -0.15) is 0 Å². The minimum absolute atomic E-state index is 0. The molecule has 2 N–H and O–H groups in total. The van der Waals surface area contributed by atoms with Gasteiger partial charge < -0.3 is 20.3 Å². The number of rotatable bonds is 8. The quantitative estimate of drug-likeness (QED) is 0.297. The van der Waals surface area contributed by atoms with E-state index in [9.17, 15) is 0 Å². The highest BCUT2D eigenvalue weighted by atomic mass is 127. The van der Waals surface area contributed by atoms with Gasteiger partial charge in [-0.05, 0) is 32.9 Å². The highest BCUT2D eigenvalue weighted by Crippen LogP contribution is 2.16. The second kappa shape index (κ2) is 14.1. The highest BCUT2D eigenvalue weighted by Gasteiger charge is 2.21. The van der Waals surface area contributed by atoms with Crippen LogP contribution in [0.3, 0.4) is 0 Å². The molecule has 1 aromatic carbocycles. The number of morpholine rings is 1. The summed E-state index contributed by atoms with van der Waals surface area (Å²) in [5, 5.41) is 6.93. The van der Waals surface area contributed by atoms with Crippen LogP contribution in [0.2, 0.25) is 0 Å². The molecule has 2 aliphatic rings. The standard InChI is InChI=1S/C23H40N6O.HI/c1-4-24-23(26-19-21(3)28-14-16-30-17-15-28)25-18-20(2)27-10-12-29(13-11-27)22-8-6-5-7-9-22;/h5-9,20-21H,4,10-19H2,1-3H3,(H2,24,25,26);1H. The minimum Gasteiger partial charge on any atom is -0.379 e. The summed E-state index contributed by atoms with van der Waals surface area (Å²) in [6.45, 7) is 17.3. The van der Waals surface area contributed by atoms with E-state index in [2.05, 4.69) is 76.4 Å². The Kier molecular flexibility index (Phi) is 11.9. The molecule has 0 aromatic heterocycles. The monoisotopic (exact) mass is 544 g/mol. The fraction of sp³-hybridized carbons (Fsp3) is 0.696. The van der Waals surface area contributed by atoms with Crippen molar-refractivity contribution in [2.75, 3.05) is 77.0 Å². The van der Waals surface area contributed by atoms with Gasteiger partial charge in [0.25, 0.3) is 0 Å². The molecule has 2 saturated heterocycles. The van der Waals surface area contributed by atoms with Crippen LogP contribution in [0, 0.1) is 0 Å². The topological polar surface area (TPSA) is 55.4 Å². The Morgan fingerprint density at radius 1 is 0.935 bits per heavy atom. The second-order valence-electron chi connectivity index (χ2n) is 8.31. The number of anilines is 1. The number of halogens is 1. The Bertz CT molecular complexity index is 632. The highest BCUT2D eigenvalue weighted by molar-refractivity contribution is 14.0. The number of hydrogen-bond donors (Lipinski definition) is 2. The predicted molar refractivity (Wildman–Crippen MR) is 141 cm³/mol. The number of nitrogens with one attached hydrogen (secondary N) is 2. The smallest absolute Gasteiger partial charge is 0.191 e. The van der Waals surface area contributed by atoms with Gasteiger partial charge in [0.15, 0.2) is 5.96 Å². The summed E-state index contributed by atoms with van der Waals surface area (Å²) in [6.07, 6.45) is 0. The van der Waals surface area contributed by atoms with Crippen molar-refractivity contribution in [3.63, 3.8) is 0 Å². The molecule has 2 unspecified atom stereocenters. The molecule has 0 saturated carbocycles. The van der Waals surface area contributed by atoms with E-state index in [0.717, 1.165) is 78.1 Å². The maximum Gasteiger partial charge on any atom is 0.191 e. The summed E-state index contributed by atoms with van der Waals surface area (Å²) >= 11 is 0. The number of benzene rings is 1. The molecule has 2 aliphatic heterocycles. The van der Waals surface area contributed by atoms with Crippen LogP contribution < -0.4 is 15.5 Å². The number of nitrogens with zero attached hydrogens (tertiary/aromatic N) is 4. The van der Waals surface area contributed by atoms with Crippen molar-refractivity contribution in [2.24, 2.45) is 4.99 Å². The van der Waals surface area contributed by atoms with Crippen molar-refractivity contribution >= 4 is 35.6 Å². The second-order valence-corrected chi connectivity index (χ2v) is 8.31. The van der Waals surface area contributed by atoms with Gasteiger partial charge in [-0.25, -0.2) is 0 Å². The Morgan fingerprint density at radius 2 is 1.58 bits per heavy atom. The van der Waals surface area contributed by atoms with Gasteiger partial charge in [0, 0.05) is 70.1 Å². The first kappa shape index (κ1) is 26.2. The lowest BCUT2D eigenvalue weighted by Gasteiger charge is -2.38. The normalized spacial score (nSPS) is 20.6. The summed E-state index contributed by atoms with van der Waals surface area (Å²) in [6, 6.07) is 11.6. The maximum absolute atomic E-state index is 5.46. The Hall–Kier alpha value is -1.10. The van der Waals surface area contributed by atoms with Gasteiger partial charge in [0.2, 0.25) is 0 Å². The fourth-order valence-corrected chi connectivity index (χ4v) is 4.13. The zero-order valence-electron chi connectivity index (χ0n) is 19.4. The molecule has 0 aliphatic carbocycles. The van der Waals surface area contributed by atoms with Crippen molar-refractivity contribution < 1.29 is 4.74 Å². The SMILES string of the molecule is CCNC(=NCC(C)N1CCN(c2ccccc2)CC1)NCC(C)N1CCOCC1.I. The van der Waals surface area contributed by atoms with Crippen LogP contribution >= 0.6 is 24.0 Å². The van der Waals surface area contributed by atoms with Gasteiger partial charge in [-0.3, -0.25) is 14.8 Å². The summed E-state index contributed by atoms with van der Waals surface area (Å²) in [5.41, 5.74) is 1.33. The molecule has 1 aromatic rings. The number of para-hydroxylation sites is 1. The Labute approximate surface area is 205 Å². The third kappa shape index (κ3) is 8.40. The zero-order chi connectivity index (χ0) is 21.2. The molecular weight excluding hydrogens is 503 g/mol. The predicted octanol–water partition coefficient (Wildman–Crippen LogP) is 2.09. The first-order valence-electron chi connectivity index (χ1n) is 11.6. The molecule has 2 fully saturated rings. The van der Waals surface area contributed by atoms with Crippen LogP contribution in [0.5, 0.6) is 0 Å². The zero-order valence-corrected chi connectivity index (χ0v) is 21.8. The first-order chi connectivity index (χ1) is 14.7. The van der Waals surface area contributed by atoms with Gasteiger partial charge in [-0.1, -0.05) is 18.2 Å². The van der Waals surface area contributed by atoms with E-state index in [1.807, 2.05) is 0 Å². The Balaban J connectivity index is 0.00000341.